The minimum absolute atomic E-state index is 0.331. The summed E-state index contributed by atoms with van der Waals surface area (Å²) in [6, 6.07) is 3.41. The van der Waals surface area contributed by atoms with E-state index in [-0.39, 0.29) is 5.56 Å². The Bertz CT molecular complexity index is 1100. The van der Waals surface area contributed by atoms with Gasteiger partial charge in [0, 0.05) is 6.07 Å². The molecule has 3 rings (SSSR count). The highest BCUT2D eigenvalue weighted by molar-refractivity contribution is 7.87. The molecule has 0 fully saturated rings. The Kier molecular flexibility index (Phi) is 3.11. The molecule has 1 atom stereocenters. The van der Waals surface area contributed by atoms with E-state index in [0.717, 1.165) is 0 Å². The number of rotatable bonds is 1. The molecule has 0 bridgehead atoms. The first-order chi connectivity index (χ1) is 10.7. The van der Waals surface area contributed by atoms with Crippen molar-refractivity contribution in [1.82, 2.24) is 9.38 Å². The van der Waals surface area contributed by atoms with Gasteiger partial charge in [0.15, 0.2) is 0 Å². The highest BCUT2D eigenvalue weighted by Crippen LogP contribution is 2.28. The van der Waals surface area contributed by atoms with Crippen molar-refractivity contribution >= 4 is 27.9 Å². The number of nitriles is 1. The third-order valence-electron chi connectivity index (χ3n) is 4.01. The second-order valence-corrected chi connectivity index (χ2v) is 7.42. The molecule has 2 aromatic heterocycles. The van der Waals surface area contributed by atoms with Crippen LogP contribution >= 0.6 is 0 Å². The number of fused-ring (bicyclic) bond motifs is 3. The molecule has 1 aliphatic rings. The van der Waals surface area contributed by atoms with E-state index in [9.17, 15) is 23.0 Å². The molecule has 7 nitrogen and oxygen atoms in total. The van der Waals surface area contributed by atoms with Crippen molar-refractivity contribution in [1.29, 1.82) is 5.26 Å². The van der Waals surface area contributed by atoms with Crippen LogP contribution in [-0.4, -0.2) is 27.1 Å². The Morgan fingerprint density at radius 3 is 2.61 bits per heavy atom. The number of aryl methyl sites for hydroxylation is 1. The number of nitrogens with one attached hydrogen (secondary N) is 1. The first-order valence-corrected chi connectivity index (χ1v) is 8.16. The molecule has 2 N–H and O–H groups in total. The number of aromatic amines is 1. The fourth-order valence-electron chi connectivity index (χ4n) is 2.55. The van der Waals surface area contributed by atoms with Crippen molar-refractivity contribution in [2.75, 3.05) is 0 Å². The van der Waals surface area contributed by atoms with Gasteiger partial charge in [0.25, 0.3) is 15.7 Å². The standard InChI is InChI=1S/C15H13N3O4S/c1-9-7-13(19)18-12-4-6-15(2,23(20,21)22)5-3-11(12)17-14(18)10(9)8-16/h3-7,17H,1-2H3,(H,20,21,22). The summed E-state index contributed by atoms with van der Waals surface area (Å²) in [4.78, 5) is 15.3. The Labute approximate surface area is 131 Å². The van der Waals surface area contributed by atoms with Crippen molar-refractivity contribution in [2.45, 2.75) is 18.6 Å². The van der Waals surface area contributed by atoms with Crippen LogP contribution < -0.4 is 5.56 Å². The van der Waals surface area contributed by atoms with Gasteiger partial charge in [-0.15, -0.1) is 0 Å². The number of pyridine rings is 1. The molecule has 0 saturated carbocycles. The monoisotopic (exact) mass is 331 g/mol. The summed E-state index contributed by atoms with van der Waals surface area (Å²) in [6.07, 6.45) is 5.55. The smallest absolute Gasteiger partial charge is 0.277 e. The van der Waals surface area contributed by atoms with E-state index in [2.05, 4.69) is 11.1 Å². The molecule has 23 heavy (non-hydrogen) atoms. The van der Waals surface area contributed by atoms with Gasteiger partial charge in [-0.1, -0.05) is 12.2 Å². The van der Waals surface area contributed by atoms with E-state index in [1.54, 1.807) is 6.92 Å². The average Bonchev–Trinajstić information content (AvgIpc) is 2.72. The van der Waals surface area contributed by atoms with Gasteiger partial charge in [-0.2, -0.15) is 13.7 Å². The van der Waals surface area contributed by atoms with Crippen LogP contribution in [0.25, 0.3) is 17.8 Å². The number of nitrogens with zero attached hydrogens (tertiary/aromatic N) is 2. The molecule has 2 aromatic rings. The van der Waals surface area contributed by atoms with Crippen molar-refractivity contribution in [3.05, 3.63) is 51.1 Å². The Morgan fingerprint density at radius 2 is 2.00 bits per heavy atom. The topological polar surface area (TPSA) is 115 Å². The van der Waals surface area contributed by atoms with Crippen LogP contribution in [0.1, 0.15) is 29.4 Å². The molecule has 0 saturated heterocycles. The lowest BCUT2D eigenvalue weighted by Gasteiger charge is -2.16. The molecule has 0 amide bonds. The molecule has 0 spiro atoms. The third kappa shape index (κ3) is 2.13. The van der Waals surface area contributed by atoms with E-state index < -0.39 is 14.9 Å². The van der Waals surface area contributed by atoms with E-state index in [0.29, 0.717) is 28.2 Å². The van der Waals surface area contributed by atoms with Crippen LogP contribution in [0.5, 0.6) is 0 Å². The Balaban J connectivity index is 2.38. The quantitative estimate of drug-likeness (QED) is 0.768. The number of hydrogen-bond donors (Lipinski definition) is 2. The zero-order valence-electron chi connectivity index (χ0n) is 12.4. The van der Waals surface area contributed by atoms with Crippen LogP contribution in [0.4, 0.5) is 0 Å². The van der Waals surface area contributed by atoms with Gasteiger partial charge in [0.1, 0.15) is 16.5 Å². The predicted octanol–water partition coefficient (Wildman–Crippen LogP) is 1.49. The average molecular weight is 331 g/mol. The predicted molar refractivity (Wildman–Crippen MR) is 85.5 cm³/mol. The fraction of sp³-hybridized carbons (Fsp3) is 0.200. The van der Waals surface area contributed by atoms with E-state index in [1.165, 1.54) is 41.7 Å². The molecule has 1 aliphatic carbocycles. The van der Waals surface area contributed by atoms with Crippen LogP contribution in [0.3, 0.4) is 0 Å². The summed E-state index contributed by atoms with van der Waals surface area (Å²) in [5.74, 6) is 0. The number of aromatic nitrogens is 2. The Hall–Kier alpha value is -2.63. The van der Waals surface area contributed by atoms with Crippen molar-refractivity contribution in [2.24, 2.45) is 0 Å². The second-order valence-electron chi connectivity index (χ2n) is 5.59. The van der Waals surface area contributed by atoms with E-state index in [4.69, 9.17) is 0 Å². The first-order valence-electron chi connectivity index (χ1n) is 6.72. The molecule has 8 heteroatoms. The van der Waals surface area contributed by atoms with E-state index >= 15 is 0 Å². The SMILES string of the molecule is Cc1cc(=O)n2c3c([nH]c2c1C#N)C=CC(C)(S(=O)(=O)O)C=C3. The van der Waals surface area contributed by atoms with Crippen molar-refractivity contribution in [3.63, 3.8) is 0 Å². The summed E-state index contributed by atoms with van der Waals surface area (Å²) in [7, 11) is -4.35. The number of H-pyrrole nitrogens is 1. The molecule has 0 radical (unpaired) electrons. The van der Waals surface area contributed by atoms with Crippen LogP contribution in [0.15, 0.2) is 23.0 Å². The van der Waals surface area contributed by atoms with Crippen molar-refractivity contribution < 1.29 is 13.0 Å². The maximum atomic E-state index is 12.3. The molecule has 2 heterocycles. The largest absolute Gasteiger partial charge is 0.338 e. The van der Waals surface area contributed by atoms with Crippen LogP contribution in [0.2, 0.25) is 0 Å². The number of imidazole rings is 1. The first kappa shape index (κ1) is 15.3. The van der Waals surface area contributed by atoms with Gasteiger partial charge in [-0.05, 0) is 31.6 Å². The van der Waals surface area contributed by atoms with Gasteiger partial charge in [0.2, 0.25) is 0 Å². The lowest BCUT2D eigenvalue weighted by Crippen LogP contribution is -2.29. The zero-order valence-corrected chi connectivity index (χ0v) is 13.2. The molecule has 0 aliphatic heterocycles. The van der Waals surface area contributed by atoms with Crippen LogP contribution in [-0.2, 0) is 10.1 Å². The molecular formula is C15H13N3O4S. The van der Waals surface area contributed by atoms with Crippen molar-refractivity contribution in [3.8, 4) is 6.07 Å². The summed E-state index contributed by atoms with van der Waals surface area (Å²) >= 11 is 0. The third-order valence-corrected chi connectivity index (χ3v) is 5.39. The lowest BCUT2D eigenvalue weighted by molar-refractivity contribution is 0.466. The van der Waals surface area contributed by atoms with E-state index in [1.807, 2.05) is 0 Å². The second kappa shape index (κ2) is 4.68. The minimum atomic E-state index is -4.35. The van der Waals surface area contributed by atoms with Gasteiger partial charge >= 0.3 is 0 Å². The molecule has 0 aromatic carbocycles. The summed E-state index contributed by atoms with van der Waals surface area (Å²) in [5, 5.41) is 9.28. The normalized spacial score (nSPS) is 20.3. The fourth-order valence-corrected chi connectivity index (χ4v) is 3.03. The summed E-state index contributed by atoms with van der Waals surface area (Å²) < 4.78 is 32.2. The lowest BCUT2D eigenvalue weighted by atomic mass is 10.1. The summed E-state index contributed by atoms with van der Waals surface area (Å²) in [6.45, 7) is 3.02. The number of hydrogen-bond acceptors (Lipinski definition) is 4. The van der Waals surface area contributed by atoms with Gasteiger partial charge in [-0.3, -0.25) is 13.7 Å². The Morgan fingerprint density at radius 1 is 1.35 bits per heavy atom. The zero-order chi connectivity index (χ0) is 17.0. The molecular weight excluding hydrogens is 318 g/mol. The van der Waals surface area contributed by atoms with Gasteiger partial charge in [-0.25, -0.2) is 0 Å². The molecule has 118 valence electrons. The highest BCUT2D eigenvalue weighted by atomic mass is 32.2. The van der Waals surface area contributed by atoms with Crippen LogP contribution in [0, 0.1) is 18.3 Å². The highest BCUT2D eigenvalue weighted by Gasteiger charge is 2.34. The van der Waals surface area contributed by atoms with Gasteiger partial charge in [0.05, 0.1) is 17.0 Å². The maximum absolute atomic E-state index is 12.3. The summed E-state index contributed by atoms with van der Waals surface area (Å²) in [5.41, 5.74) is 1.83. The maximum Gasteiger partial charge on any atom is 0.277 e. The van der Waals surface area contributed by atoms with Gasteiger partial charge < -0.3 is 4.98 Å². The minimum Gasteiger partial charge on any atom is -0.338 e. The molecule has 1 unspecified atom stereocenters.